The molecule has 1 atom stereocenters. The van der Waals surface area contributed by atoms with Crippen LogP contribution >= 0.6 is 11.3 Å². The number of fused-ring (bicyclic) bond motifs is 1. The molecule has 0 fully saturated rings. The van der Waals surface area contributed by atoms with Gasteiger partial charge in [-0.15, -0.1) is 11.3 Å². The van der Waals surface area contributed by atoms with Crippen molar-refractivity contribution in [3.8, 4) is 6.07 Å². The van der Waals surface area contributed by atoms with Gasteiger partial charge in [-0.2, -0.15) is 5.26 Å². The molecule has 0 saturated heterocycles. The van der Waals surface area contributed by atoms with Crippen LogP contribution in [0.15, 0.2) is 53.0 Å². The van der Waals surface area contributed by atoms with Crippen molar-refractivity contribution in [2.24, 2.45) is 11.1 Å². The van der Waals surface area contributed by atoms with E-state index in [4.69, 9.17) is 10.5 Å². The molecular formula is C30H33N3O3S. The van der Waals surface area contributed by atoms with Gasteiger partial charge in [0, 0.05) is 22.6 Å². The molecule has 5 rings (SSSR count). The van der Waals surface area contributed by atoms with Crippen molar-refractivity contribution >= 4 is 28.1 Å². The maximum atomic E-state index is 13.8. The number of aryl methyl sites for hydroxylation is 1. The molecule has 0 amide bonds. The first kappa shape index (κ1) is 25.3. The monoisotopic (exact) mass is 515 g/mol. The van der Waals surface area contributed by atoms with Gasteiger partial charge in [-0.05, 0) is 55.6 Å². The third kappa shape index (κ3) is 4.38. The zero-order valence-corrected chi connectivity index (χ0v) is 22.5. The van der Waals surface area contributed by atoms with Crippen LogP contribution in [-0.4, -0.2) is 18.4 Å². The first-order chi connectivity index (χ1) is 17.8. The van der Waals surface area contributed by atoms with E-state index in [1.807, 2.05) is 35.2 Å². The van der Waals surface area contributed by atoms with Crippen LogP contribution in [0.25, 0.3) is 0 Å². The second kappa shape index (κ2) is 9.83. The van der Waals surface area contributed by atoms with Gasteiger partial charge in [-0.1, -0.05) is 50.6 Å². The van der Waals surface area contributed by atoms with E-state index in [1.54, 1.807) is 18.3 Å². The highest BCUT2D eigenvalue weighted by Gasteiger charge is 2.46. The number of nitrogens with two attached hydrogens (primary N) is 1. The van der Waals surface area contributed by atoms with E-state index in [0.717, 1.165) is 48.9 Å². The van der Waals surface area contributed by atoms with Crippen LogP contribution in [0.1, 0.15) is 85.2 Å². The number of carbonyl (C=O) groups is 2. The summed E-state index contributed by atoms with van der Waals surface area (Å²) < 4.78 is 5.54. The number of esters is 1. The maximum Gasteiger partial charge on any atom is 0.341 e. The molecule has 2 aromatic rings. The average Bonchev–Trinajstić information content (AvgIpc) is 3.05. The Hall–Kier alpha value is -3.37. The quantitative estimate of drug-likeness (QED) is 0.388. The molecule has 0 radical (unpaired) electrons. The third-order valence-electron chi connectivity index (χ3n) is 7.60. The normalized spacial score (nSPS) is 21.2. The fourth-order valence-electron chi connectivity index (χ4n) is 6.02. The summed E-state index contributed by atoms with van der Waals surface area (Å²) >= 11 is 1.56. The van der Waals surface area contributed by atoms with Crippen molar-refractivity contribution in [2.75, 3.05) is 11.5 Å². The summed E-state index contributed by atoms with van der Waals surface area (Å²) in [6.45, 7) is 6.24. The van der Waals surface area contributed by atoms with Gasteiger partial charge >= 0.3 is 5.97 Å². The molecule has 192 valence electrons. The van der Waals surface area contributed by atoms with E-state index in [-0.39, 0.29) is 23.8 Å². The van der Waals surface area contributed by atoms with Gasteiger partial charge in [0.2, 0.25) is 0 Å². The maximum absolute atomic E-state index is 13.8. The Labute approximate surface area is 222 Å². The predicted octanol–water partition coefficient (Wildman–Crippen LogP) is 6.13. The summed E-state index contributed by atoms with van der Waals surface area (Å²) in [5.41, 5.74) is 10.8. The number of ether oxygens (including phenoxy) is 1. The van der Waals surface area contributed by atoms with Crippen LogP contribution in [0.4, 0.5) is 5.00 Å². The molecule has 2 aliphatic carbocycles. The van der Waals surface area contributed by atoms with Crippen molar-refractivity contribution in [1.82, 2.24) is 0 Å². The number of carbonyl (C=O) groups excluding carboxylic acids is 2. The number of allylic oxidation sites excluding steroid dienone is 3. The largest absolute Gasteiger partial charge is 0.462 e. The SMILES string of the molecule is CCOC(=O)c1c(N2C(N)=C(C#N)[C@H](c3ccccc3)C3=C2CC(C)(C)CC3=O)sc2c1CCCCC2. The highest BCUT2D eigenvalue weighted by atomic mass is 32.1. The Kier molecular flexibility index (Phi) is 6.72. The van der Waals surface area contributed by atoms with E-state index in [0.29, 0.717) is 40.4 Å². The minimum Gasteiger partial charge on any atom is -0.462 e. The first-order valence-corrected chi connectivity index (χ1v) is 13.9. The third-order valence-corrected chi connectivity index (χ3v) is 8.88. The topological polar surface area (TPSA) is 96.4 Å². The standard InChI is InChI=1S/C30H33N3O3S/c1-4-36-29(35)25-19-13-9-6-10-14-23(19)37-28(25)33-21-15-30(2,3)16-22(34)26(21)24(20(17-31)27(33)32)18-11-7-5-8-12-18/h5,7-8,11-12,24H,4,6,9-10,13-16,32H2,1-3H3/t24-/m0/s1. The number of hydrogen-bond donors (Lipinski definition) is 1. The lowest BCUT2D eigenvalue weighted by Gasteiger charge is -2.43. The number of nitriles is 1. The smallest absolute Gasteiger partial charge is 0.341 e. The highest BCUT2D eigenvalue weighted by molar-refractivity contribution is 7.16. The predicted molar refractivity (Wildman–Crippen MR) is 145 cm³/mol. The Morgan fingerprint density at radius 3 is 2.62 bits per heavy atom. The average molecular weight is 516 g/mol. The second-order valence-electron chi connectivity index (χ2n) is 10.9. The molecule has 0 spiro atoms. The highest BCUT2D eigenvalue weighted by Crippen LogP contribution is 2.52. The van der Waals surface area contributed by atoms with Gasteiger partial charge in [-0.25, -0.2) is 4.79 Å². The number of benzene rings is 1. The summed E-state index contributed by atoms with van der Waals surface area (Å²) in [6, 6.07) is 12.0. The van der Waals surface area contributed by atoms with Gasteiger partial charge in [0.05, 0.1) is 29.7 Å². The number of rotatable bonds is 4. The van der Waals surface area contributed by atoms with Crippen molar-refractivity contribution < 1.29 is 14.3 Å². The van der Waals surface area contributed by atoms with Crippen LogP contribution in [-0.2, 0) is 22.4 Å². The fraction of sp³-hybridized carbons (Fsp3) is 0.433. The molecule has 1 aliphatic heterocycles. The Balaban J connectivity index is 1.79. The van der Waals surface area contributed by atoms with Crippen LogP contribution in [0.2, 0.25) is 0 Å². The molecule has 0 bridgehead atoms. The zero-order chi connectivity index (χ0) is 26.3. The van der Waals surface area contributed by atoms with Crippen LogP contribution in [0.3, 0.4) is 0 Å². The van der Waals surface area contributed by atoms with E-state index in [9.17, 15) is 14.9 Å². The summed E-state index contributed by atoms with van der Waals surface area (Å²) in [6.07, 6.45) is 5.93. The molecular weight excluding hydrogens is 482 g/mol. The van der Waals surface area contributed by atoms with Gasteiger partial charge in [0.25, 0.3) is 0 Å². The van der Waals surface area contributed by atoms with Crippen molar-refractivity contribution in [2.45, 2.75) is 71.6 Å². The lowest BCUT2D eigenvalue weighted by molar-refractivity contribution is -0.118. The van der Waals surface area contributed by atoms with Crippen molar-refractivity contribution in [3.05, 3.63) is 74.6 Å². The van der Waals surface area contributed by atoms with E-state index in [2.05, 4.69) is 19.9 Å². The molecule has 0 unspecified atom stereocenters. The summed E-state index contributed by atoms with van der Waals surface area (Å²) in [4.78, 5) is 30.2. The van der Waals surface area contributed by atoms with Crippen LogP contribution < -0.4 is 10.6 Å². The Morgan fingerprint density at radius 1 is 1.19 bits per heavy atom. The number of anilines is 1. The summed E-state index contributed by atoms with van der Waals surface area (Å²) in [5, 5.41) is 11.0. The minimum absolute atomic E-state index is 0.0288. The van der Waals surface area contributed by atoms with Crippen molar-refractivity contribution in [1.29, 1.82) is 5.26 Å². The second-order valence-corrected chi connectivity index (χ2v) is 11.9. The first-order valence-electron chi connectivity index (χ1n) is 13.1. The number of Topliss-reactive ketones (excluding diaryl/α,β-unsaturated/α-hetero) is 1. The fourth-order valence-corrected chi connectivity index (χ4v) is 7.43. The Morgan fingerprint density at radius 2 is 1.92 bits per heavy atom. The molecule has 0 saturated carbocycles. The van der Waals surface area contributed by atoms with E-state index in [1.165, 1.54) is 4.88 Å². The van der Waals surface area contributed by atoms with E-state index >= 15 is 0 Å². The van der Waals surface area contributed by atoms with Crippen LogP contribution in [0, 0.1) is 16.7 Å². The molecule has 6 nitrogen and oxygen atoms in total. The Bertz CT molecular complexity index is 1360. The van der Waals surface area contributed by atoms with Gasteiger partial charge in [0.15, 0.2) is 5.78 Å². The van der Waals surface area contributed by atoms with E-state index < -0.39 is 5.92 Å². The molecule has 7 heteroatoms. The van der Waals surface area contributed by atoms with Gasteiger partial charge < -0.3 is 10.5 Å². The van der Waals surface area contributed by atoms with Crippen molar-refractivity contribution in [3.63, 3.8) is 0 Å². The molecule has 2 N–H and O–H groups in total. The molecule has 3 aliphatic rings. The lowest BCUT2D eigenvalue weighted by Crippen LogP contribution is -2.42. The molecule has 1 aromatic heterocycles. The summed E-state index contributed by atoms with van der Waals surface area (Å²) in [5.74, 6) is -0.564. The van der Waals surface area contributed by atoms with Gasteiger partial charge in [-0.3, -0.25) is 9.69 Å². The zero-order valence-electron chi connectivity index (χ0n) is 21.7. The molecule has 1 aromatic carbocycles. The molecule has 2 heterocycles. The van der Waals surface area contributed by atoms with Gasteiger partial charge in [0.1, 0.15) is 10.8 Å². The van der Waals surface area contributed by atoms with Crippen LogP contribution in [0.5, 0.6) is 0 Å². The minimum atomic E-state index is -0.523. The molecule has 37 heavy (non-hydrogen) atoms. The number of nitrogens with zero attached hydrogens (tertiary/aromatic N) is 2. The number of ketones is 1. The number of hydrogen-bond acceptors (Lipinski definition) is 7. The lowest BCUT2D eigenvalue weighted by atomic mass is 9.68. The number of thiophene rings is 1. The summed E-state index contributed by atoms with van der Waals surface area (Å²) in [7, 11) is 0.